The Kier molecular flexibility index (Phi) is 5.89. The zero-order chi connectivity index (χ0) is 22.0. The molecule has 1 heterocycles. The van der Waals surface area contributed by atoms with Crippen LogP contribution in [0.15, 0.2) is 83.7 Å². The van der Waals surface area contributed by atoms with Crippen LogP contribution in [0.25, 0.3) is 16.8 Å². The molecule has 31 heavy (non-hydrogen) atoms. The highest BCUT2D eigenvalue weighted by Gasteiger charge is 2.21. The van der Waals surface area contributed by atoms with E-state index in [1.165, 1.54) is 4.68 Å². The average molecular weight is 450 g/mol. The van der Waals surface area contributed by atoms with Crippen molar-refractivity contribution in [1.82, 2.24) is 9.78 Å². The first kappa shape index (κ1) is 20.8. The highest BCUT2D eigenvalue weighted by molar-refractivity contribution is 6.31. The van der Waals surface area contributed by atoms with Gasteiger partial charge in [-0.3, -0.25) is 9.59 Å². The van der Waals surface area contributed by atoms with Crippen molar-refractivity contribution in [2.24, 2.45) is 0 Å². The van der Waals surface area contributed by atoms with Crippen LogP contribution < -0.4 is 10.7 Å². The number of benzene rings is 3. The van der Waals surface area contributed by atoms with E-state index in [1.807, 2.05) is 30.3 Å². The molecule has 0 saturated carbocycles. The number of anilines is 1. The number of carbonyl (C=O) groups excluding carboxylic acids is 1. The number of nitrogens with one attached hydrogen (secondary N) is 1. The third-order valence-electron chi connectivity index (χ3n) is 4.71. The first-order valence-electron chi connectivity index (χ1n) is 9.46. The first-order chi connectivity index (χ1) is 14.9. The minimum atomic E-state index is -0.394. The standard InChI is InChI=1S/C24H17Cl2N3O2/c1-15-22(30)21(16-6-3-2-4-7-16)23(27-24(31)17-10-12-18(25)13-11-17)29(28-15)20-9-5-8-19(26)14-20/h2-14H,1H3,(H,27,31). The van der Waals surface area contributed by atoms with Crippen LogP contribution in [0.3, 0.4) is 0 Å². The van der Waals surface area contributed by atoms with Crippen LogP contribution in [0.5, 0.6) is 0 Å². The van der Waals surface area contributed by atoms with Crippen molar-refractivity contribution in [3.05, 3.63) is 110 Å². The zero-order valence-corrected chi connectivity index (χ0v) is 18.0. The van der Waals surface area contributed by atoms with Crippen molar-refractivity contribution in [2.75, 3.05) is 5.32 Å². The SMILES string of the molecule is Cc1nn(-c2cccc(Cl)c2)c(NC(=O)c2ccc(Cl)cc2)c(-c2ccccc2)c1=O. The van der Waals surface area contributed by atoms with Crippen molar-refractivity contribution in [3.63, 3.8) is 0 Å². The van der Waals surface area contributed by atoms with Crippen molar-refractivity contribution in [1.29, 1.82) is 0 Å². The molecule has 1 aromatic heterocycles. The van der Waals surface area contributed by atoms with E-state index >= 15 is 0 Å². The van der Waals surface area contributed by atoms with Gasteiger partial charge in [0.05, 0.1) is 11.3 Å². The van der Waals surface area contributed by atoms with Crippen molar-refractivity contribution in [2.45, 2.75) is 6.92 Å². The summed E-state index contributed by atoms with van der Waals surface area (Å²) in [6.45, 7) is 1.64. The summed E-state index contributed by atoms with van der Waals surface area (Å²) in [7, 11) is 0. The molecule has 4 rings (SSSR count). The zero-order valence-electron chi connectivity index (χ0n) is 16.5. The molecule has 0 bridgehead atoms. The molecular formula is C24H17Cl2N3O2. The number of hydrogen-bond acceptors (Lipinski definition) is 3. The van der Waals surface area contributed by atoms with Crippen LogP contribution in [0.4, 0.5) is 5.82 Å². The Labute approximate surface area is 188 Å². The summed E-state index contributed by atoms with van der Waals surface area (Å²) >= 11 is 12.1. The molecule has 1 N–H and O–H groups in total. The monoisotopic (exact) mass is 449 g/mol. The average Bonchev–Trinajstić information content (AvgIpc) is 2.77. The van der Waals surface area contributed by atoms with Crippen molar-refractivity contribution in [3.8, 4) is 16.8 Å². The number of rotatable bonds is 4. The van der Waals surface area contributed by atoms with Gasteiger partial charge in [-0.15, -0.1) is 0 Å². The number of aryl methyl sites for hydroxylation is 1. The summed E-state index contributed by atoms with van der Waals surface area (Å²) in [4.78, 5) is 26.2. The van der Waals surface area contributed by atoms with E-state index in [9.17, 15) is 9.59 Å². The van der Waals surface area contributed by atoms with Gasteiger partial charge in [0.25, 0.3) is 5.91 Å². The summed E-state index contributed by atoms with van der Waals surface area (Å²) in [5, 5.41) is 8.34. The molecular weight excluding hydrogens is 433 g/mol. The van der Waals surface area contributed by atoms with Gasteiger partial charge in [-0.05, 0) is 55.0 Å². The summed E-state index contributed by atoms with van der Waals surface area (Å²) in [5.74, 6) is -0.140. The lowest BCUT2D eigenvalue weighted by Crippen LogP contribution is -2.24. The summed E-state index contributed by atoms with van der Waals surface area (Å²) in [5.41, 5.74) is 2.04. The maximum atomic E-state index is 13.1. The van der Waals surface area contributed by atoms with Crippen LogP contribution in [-0.4, -0.2) is 15.7 Å². The van der Waals surface area contributed by atoms with Gasteiger partial charge in [0.1, 0.15) is 11.5 Å². The highest BCUT2D eigenvalue weighted by Crippen LogP contribution is 2.28. The maximum absolute atomic E-state index is 13.1. The van der Waals surface area contributed by atoms with Crippen LogP contribution in [0, 0.1) is 6.92 Å². The molecule has 0 aliphatic carbocycles. The number of nitrogens with zero attached hydrogens (tertiary/aromatic N) is 2. The molecule has 0 aliphatic heterocycles. The second kappa shape index (κ2) is 8.76. The molecule has 3 aromatic carbocycles. The predicted octanol–water partition coefficient (Wildman–Crippen LogP) is 5.77. The van der Waals surface area contributed by atoms with Gasteiger partial charge in [0.15, 0.2) is 0 Å². The molecule has 4 aromatic rings. The molecule has 0 spiro atoms. The minimum absolute atomic E-state index is 0.254. The van der Waals surface area contributed by atoms with Crippen LogP contribution in [0.1, 0.15) is 16.1 Å². The molecule has 0 aliphatic rings. The lowest BCUT2D eigenvalue weighted by Gasteiger charge is -2.18. The van der Waals surface area contributed by atoms with E-state index in [0.717, 1.165) is 0 Å². The Morgan fingerprint density at radius 1 is 0.903 bits per heavy atom. The van der Waals surface area contributed by atoms with Crippen LogP contribution >= 0.6 is 23.2 Å². The molecule has 0 unspecified atom stereocenters. The fraction of sp³-hybridized carbons (Fsp3) is 0.0417. The predicted molar refractivity (Wildman–Crippen MR) is 124 cm³/mol. The summed E-state index contributed by atoms with van der Waals surface area (Å²) < 4.78 is 1.53. The minimum Gasteiger partial charge on any atom is -0.306 e. The van der Waals surface area contributed by atoms with E-state index in [4.69, 9.17) is 23.2 Å². The first-order valence-corrected chi connectivity index (χ1v) is 10.2. The molecule has 7 heteroatoms. The van der Waals surface area contributed by atoms with Gasteiger partial charge in [-0.25, -0.2) is 4.68 Å². The fourth-order valence-electron chi connectivity index (χ4n) is 3.20. The Balaban J connectivity index is 1.95. The lowest BCUT2D eigenvalue weighted by molar-refractivity contribution is 0.102. The van der Waals surface area contributed by atoms with Gasteiger partial charge in [0.2, 0.25) is 5.43 Å². The van der Waals surface area contributed by atoms with E-state index < -0.39 is 5.91 Å². The van der Waals surface area contributed by atoms with Gasteiger partial charge < -0.3 is 5.32 Å². The lowest BCUT2D eigenvalue weighted by atomic mass is 10.0. The number of aromatic nitrogens is 2. The van der Waals surface area contributed by atoms with E-state index in [1.54, 1.807) is 55.5 Å². The van der Waals surface area contributed by atoms with Crippen molar-refractivity contribution >= 4 is 34.9 Å². The van der Waals surface area contributed by atoms with Gasteiger partial charge in [-0.1, -0.05) is 59.6 Å². The summed E-state index contributed by atoms with van der Waals surface area (Å²) in [6, 6.07) is 22.7. The molecule has 0 atom stereocenters. The summed E-state index contributed by atoms with van der Waals surface area (Å²) in [6.07, 6.45) is 0. The maximum Gasteiger partial charge on any atom is 0.256 e. The largest absolute Gasteiger partial charge is 0.306 e. The third-order valence-corrected chi connectivity index (χ3v) is 5.19. The van der Waals surface area contributed by atoms with Crippen LogP contribution in [0.2, 0.25) is 10.0 Å². The normalized spacial score (nSPS) is 10.7. The Morgan fingerprint density at radius 2 is 1.61 bits per heavy atom. The molecule has 0 radical (unpaired) electrons. The van der Waals surface area contributed by atoms with E-state index in [2.05, 4.69) is 10.4 Å². The topological polar surface area (TPSA) is 64.0 Å². The second-order valence-corrected chi connectivity index (χ2v) is 7.73. The molecule has 154 valence electrons. The van der Waals surface area contributed by atoms with E-state index in [-0.39, 0.29) is 11.2 Å². The quantitative estimate of drug-likeness (QED) is 0.430. The van der Waals surface area contributed by atoms with Gasteiger partial charge in [-0.2, -0.15) is 5.10 Å². The van der Waals surface area contributed by atoms with Crippen molar-refractivity contribution < 1.29 is 4.79 Å². The molecule has 5 nitrogen and oxygen atoms in total. The second-order valence-electron chi connectivity index (χ2n) is 6.86. The molecule has 0 fully saturated rings. The van der Waals surface area contributed by atoms with E-state index in [0.29, 0.717) is 38.1 Å². The number of amides is 1. The highest BCUT2D eigenvalue weighted by atomic mass is 35.5. The van der Waals surface area contributed by atoms with Crippen LogP contribution in [-0.2, 0) is 0 Å². The molecule has 1 amide bonds. The van der Waals surface area contributed by atoms with Gasteiger partial charge >= 0.3 is 0 Å². The fourth-order valence-corrected chi connectivity index (χ4v) is 3.51. The third kappa shape index (κ3) is 4.38. The number of halogens is 2. The number of carbonyl (C=O) groups is 1. The Hall–Kier alpha value is -3.41. The number of hydrogen-bond donors (Lipinski definition) is 1. The van der Waals surface area contributed by atoms with Gasteiger partial charge in [0, 0.05) is 15.6 Å². The Morgan fingerprint density at radius 3 is 2.29 bits per heavy atom. The Bertz CT molecular complexity index is 1320. The molecule has 0 saturated heterocycles. The smallest absolute Gasteiger partial charge is 0.256 e.